The highest BCUT2D eigenvalue weighted by Gasteiger charge is 2.20. The Hall–Kier alpha value is -2.38. The third kappa shape index (κ3) is 5.76. The van der Waals surface area contributed by atoms with Crippen LogP contribution in [0, 0.1) is 19.8 Å². The normalized spacial score (nSPS) is 14.9. The SMILES string of the molecule is CCc1ccc(NS(=O)(=O)c2cc(-c3sc(NCC4CCCCC4)nc3C)ccc2C)cc1. The molecule has 33 heavy (non-hydrogen) atoms. The molecule has 1 aliphatic carbocycles. The van der Waals surface area contributed by atoms with Gasteiger partial charge >= 0.3 is 0 Å². The molecular formula is C26H33N3O2S2. The number of thiazole rings is 1. The first-order chi connectivity index (χ1) is 15.9. The van der Waals surface area contributed by atoms with E-state index in [0.29, 0.717) is 16.1 Å². The largest absolute Gasteiger partial charge is 0.361 e. The first-order valence-corrected chi connectivity index (χ1v) is 14.1. The molecule has 1 fully saturated rings. The van der Waals surface area contributed by atoms with Crippen LogP contribution in [-0.2, 0) is 16.4 Å². The molecular weight excluding hydrogens is 450 g/mol. The second kappa shape index (κ2) is 10.3. The van der Waals surface area contributed by atoms with Crippen LogP contribution in [-0.4, -0.2) is 19.9 Å². The van der Waals surface area contributed by atoms with Gasteiger partial charge in [0, 0.05) is 12.2 Å². The van der Waals surface area contributed by atoms with Gasteiger partial charge in [-0.1, -0.05) is 61.8 Å². The monoisotopic (exact) mass is 483 g/mol. The van der Waals surface area contributed by atoms with E-state index in [0.717, 1.165) is 40.1 Å². The summed E-state index contributed by atoms with van der Waals surface area (Å²) in [6.07, 6.45) is 7.50. The predicted molar refractivity (Wildman–Crippen MR) is 139 cm³/mol. The fourth-order valence-electron chi connectivity index (χ4n) is 4.41. The molecule has 0 aliphatic heterocycles. The quantitative estimate of drug-likeness (QED) is 0.370. The van der Waals surface area contributed by atoms with Gasteiger partial charge < -0.3 is 5.32 Å². The van der Waals surface area contributed by atoms with Gasteiger partial charge in [-0.25, -0.2) is 13.4 Å². The minimum Gasteiger partial charge on any atom is -0.361 e. The van der Waals surface area contributed by atoms with Gasteiger partial charge in [0.15, 0.2) is 5.13 Å². The number of hydrogen-bond donors (Lipinski definition) is 2. The first kappa shape index (κ1) is 23.8. The average molecular weight is 484 g/mol. The van der Waals surface area contributed by atoms with Crippen molar-refractivity contribution in [2.45, 2.75) is 64.2 Å². The summed E-state index contributed by atoms with van der Waals surface area (Å²) in [5.41, 5.74) is 4.25. The molecule has 0 atom stereocenters. The van der Waals surface area contributed by atoms with Crippen molar-refractivity contribution in [3.05, 3.63) is 59.3 Å². The van der Waals surface area contributed by atoms with Crippen LogP contribution in [0.15, 0.2) is 47.4 Å². The van der Waals surface area contributed by atoms with E-state index >= 15 is 0 Å². The molecule has 0 amide bonds. The van der Waals surface area contributed by atoms with Gasteiger partial charge in [0.25, 0.3) is 10.0 Å². The Bertz CT molecular complexity index is 1190. The molecule has 0 radical (unpaired) electrons. The van der Waals surface area contributed by atoms with Crippen molar-refractivity contribution in [1.82, 2.24) is 4.98 Å². The highest BCUT2D eigenvalue weighted by atomic mass is 32.2. The molecule has 3 aromatic rings. The van der Waals surface area contributed by atoms with Crippen LogP contribution in [0.25, 0.3) is 10.4 Å². The molecule has 0 unspecified atom stereocenters. The fraction of sp³-hybridized carbons (Fsp3) is 0.423. The van der Waals surface area contributed by atoms with E-state index in [-0.39, 0.29) is 0 Å². The van der Waals surface area contributed by atoms with E-state index in [1.807, 2.05) is 50.2 Å². The molecule has 1 aromatic heterocycles. The lowest BCUT2D eigenvalue weighted by Crippen LogP contribution is -2.16. The molecule has 0 spiro atoms. The van der Waals surface area contributed by atoms with E-state index in [4.69, 9.17) is 4.98 Å². The molecule has 4 rings (SSSR count). The van der Waals surface area contributed by atoms with Crippen molar-refractivity contribution in [2.75, 3.05) is 16.6 Å². The van der Waals surface area contributed by atoms with Crippen molar-refractivity contribution >= 4 is 32.2 Å². The maximum atomic E-state index is 13.2. The molecule has 1 saturated carbocycles. The van der Waals surface area contributed by atoms with Gasteiger partial charge in [0.05, 0.1) is 15.5 Å². The summed E-state index contributed by atoms with van der Waals surface area (Å²) < 4.78 is 29.1. The zero-order valence-corrected chi connectivity index (χ0v) is 21.3. The lowest BCUT2D eigenvalue weighted by atomic mass is 9.89. The van der Waals surface area contributed by atoms with Gasteiger partial charge in [-0.3, -0.25) is 4.72 Å². The standard InChI is InChI=1S/C26H33N3O2S2/c1-4-20-11-14-23(15-12-20)29-33(30,31)24-16-22(13-10-18(24)2)25-19(3)28-26(32-25)27-17-21-8-6-5-7-9-21/h10-16,21,29H,4-9,17H2,1-3H3,(H,27,28). The van der Waals surface area contributed by atoms with Gasteiger partial charge in [-0.05, 0) is 73.9 Å². The minimum atomic E-state index is -3.71. The van der Waals surface area contributed by atoms with Crippen LogP contribution in [0.5, 0.6) is 0 Å². The Morgan fingerprint density at radius 3 is 2.45 bits per heavy atom. The number of hydrogen-bond acceptors (Lipinski definition) is 5. The second-order valence-electron chi connectivity index (χ2n) is 8.95. The number of anilines is 2. The third-order valence-electron chi connectivity index (χ3n) is 6.42. The summed E-state index contributed by atoms with van der Waals surface area (Å²) in [5, 5.41) is 4.43. The molecule has 5 nitrogen and oxygen atoms in total. The Morgan fingerprint density at radius 2 is 1.76 bits per heavy atom. The number of nitrogens with one attached hydrogen (secondary N) is 2. The summed E-state index contributed by atoms with van der Waals surface area (Å²) in [6.45, 7) is 6.85. The number of nitrogens with zero attached hydrogens (tertiary/aromatic N) is 1. The zero-order valence-electron chi connectivity index (χ0n) is 19.6. The van der Waals surface area contributed by atoms with E-state index in [2.05, 4.69) is 17.0 Å². The Kier molecular flexibility index (Phi) is 7.39. The lowest BCUT2D eigenvalue weighted by Gasteiger charge is -2.21. The first-order valence-electron chi connectivity index (χ1n) is 11.8. The van der Waals surface area contributed by atoms with Gasteiger partial charge in [0.2, 0.25) is 0 Å². The summed E-state index contributed by atoms with van der Waals surface area (Å²) in [4.78, 5) is 6.01. The molecule has 1 heterocycles. The number of aryl methyl sites for hydroxylation is 3. The van der Waals surface area contributed by atoms with E-state index in [1.165, 1.54) is 37.7 Å². The molecule has 176 valence electrons. The number of rotatable bonds is 8. The molecule has 0 bridgehead atoms. The number of aromatic nitrogens is 1. The molecule has 7 heteroatoms. The Labute approximate surface area is 201 Å². The van der Waals surface area contributed by atoms with Gasteiger partial charge in [0.1, 0.15) is 0 Å². The van der Waals surface area contributed by atoms with Gasteiger partial charge in [-0.15, -0.1) is 0 Å². The van der Waals surface area contributed by atoms with Crippen molar-refractivity contribution in [3.8, 4) is 10.4 Å². The van der Waals surface area contributed by atoms with E-state index in [9.17, 15) is 8.42 Å². The van der Waals surface area contributed by atoms with Crippen LogP contribution in [0.4, 0.5) is 10.8 Å². The van der Waals surface area contributed by atoms with Crippen molar-refractivity contribution in [2.24, 2.45) is 5.92 Å². The third-order valence-corrected chi connectivity index (χ3v) is 9.11. The molecule has 0 saturated heterocycles. The Morgan fingerprint density at radius 1 is 1.03 bits per heavy atom. The minimum absolute atomic E-state index is 0.295. The van der Waals surface area contributed by atoms with Crippen LogP contribution in [0.3, 0.4) is 0 Å². The van der Waals surface area contributed by atoms with Crippen LogP contribution < -0.4 is 10.0 Å². The fourth-order valence-corrected chi connectivity index (χ4v) is 6.71. The summed E-state index contributed by atoms with van der Waals surface area (Å²) in [5.74, 6) is 0.722. The molecule has 2 aromatic carbocycles. The van der Waals surface area contributed by atoms with Crippen molar-refractivity contribution < 1.29 is 8.42 Å². The van der Waals surface area contributed by atoms with E-state index in [1.54, 1.807) is 17.4 Å². The van der Waals surface area contributed by atoms with Crippen molar-refractivity contribution in [3.63, 3.8) is 0 Å². The average Bonchev–Trinajstić information content (AvgIpc) is 3.19. The number of benzene rings is 2. The van der Waals surface area contributed by atoms with Crippen LogP contribution >= 0.6 is 11.3 Å². The topological polar surface area (TPSA) is 71.1 Å². The van der Waals surface area contributed by atoms with Crippen LogP contribution in [0.1, 0.15) is 55.8 Å². The smallest absolute Gasteiger partial charge is 0.262 e. The predicted octanol–water partition coefficient (Wildman–Crippen LogP) is 6.78. The van der Waals surface area contributed by atoms with Gasteiger partial charge in [-0.2, -0.15) is 0 Å². The summed E-state index contributed by atoms with van der Waals surface area (Å²) in [6, 6.07) is 13.1. The maximum Gasteiger partial charge on any atom is 0.262 e. The summed E-state index contributed by atoms with van der Waals surface area (Å²) in [7, 11) is -3.71. The number of sulfonamides is 1. The van der Waals surface area contributed by atoms with E-state index < -0.39 is 10.0 Å². The second-order valence-corrected chi connectivity index (χ2v) is 11.6. The lowest BCUT2D eigenvalue weighted by molar-refractivity contribution is 0.373. The van der Waals surface area contributed by atoms with Crippen LogP contribution in [0.2, 0.25) is 0 Å². The summed E-state index contributed by atoms with van der Waals surface area (Å²) >= 11 is 1.60. The molecule has 2 N–H and O–H groups in total. The highest BCUT2D eigenvalue weighted by Crippen LogP contribution is 2.35. The molecule has 1 aliphatic rings. The maximum absolute atomic E-state index is 13.2. The zero-order chi connectivity index (χ0) is 23.4. The highest BCUT2D eigenvalue weighted by molar-refractivity contribution is 7.92. The Balaban J connectivity index is 1.54. The van der Waals surface area contributed by atoms with Crippen molar-refractivity contribution in [1.29, 1.82) is 0 Å².